The first-order chi connectivity index (χ1) is 15.0. The molecule has 0 bridgehead atoms. The van der Waals surface area contributed by atoms with Gasteiger partial charge in [0.25, 0.3) is 0 Å². The van der Waals surface area contributed by atoms with Crippen LogP contribution in [0.1, 0.15) is 45.2 Å². The number of carbonyl (C=O) groups excluding carboxylic acids is 1. The maximum absolute atomic E-state index is 12.3. The van der Waals surface area contributed by atoms with Crippen molar-refractivity contribution in [2.24, 2.45) is 5.41 Å². The van der Waals surface area contributed by atoms with Crippen LogP contribution in [-0.4, -0.2) is 40.5 Å². The van der Waals surface area contributed by atoms with E-state index >= 15 is 0 Å². The zero-order valence-electron chi connectivity index (χ0n) is 18.9. The molecule has 2 rings (SSSR count). The van der Waals surface area contributed by atoms with E-state index in [0.29, 0.717) is 12.0 Å². The largest absolute Gasteiger partial charge is 0.481 e. The molecule has 0 aliphatic rings. The lowest BCUT2D eigenvalue weighted by Crippen LogP contribution is -2.45. The summed E-state index contributed by atoms with van der Waals surface area (Å²) in [5, 5.41) is 31.0. The Morgan fingerprint density at radius 2 is 1.75 bits per heavy atom. The first-order valence-corrected chi connectivity index (χ1v) is 10.4. The molecule has 32 heavy (non-hydrogen) atoms. The Balaban J connectivity index is 2.22. The van der Waals surface area contributed by atoms with Crippen LogP contribution in [0, 0.1) is 16.7 Å². The van der Waals surface area contributed by atoms with Gasteiger partial charge in [0.1, 0.15) is 5.60 Å². The van der Waals surface area contributed by atoms with E-state index in [9.17, 15) is 19.8 Å². The number of rotatable bonds is 8. The number of benzene rings is 2. The lowest BCUT2D eigenvalue weighted by atomic mass is 9.82. The highest BCUT2D eigenvalue weighted by Crippen LogP contribution is 2.26. The highest BCUT2D eigenvalue weighted by atomic mass is 16.6. The standard InChI is InChI=1S/C25H30N2O5/c1-24(2,3)32-23(31)27-21(14-25(4,16-28)22(29)30)13-17-8-10-19(11-9-17)20-7-5-6-18(12-20)15-26/h5-12,21,28H,13-14,16H2,1-4H3,(H,27,31)(H,29,30)/t21-,25+/m1/s1. The van der Waals surface area contributed by atoms with E-state index in [1.54, 1.807) is 32.9 Å². The number of alkyl carbamates (subject to hydrolysis) is 1. The maximum Gasteiger partial charge on any atom is 0.407 e. The van der Waals surface area contributed by atoms with Gasteiger partial charge < -0.3 is 20.3 Å². The average molecular weight is 439 g/mol. The summed E-state index contributed by atoms with van der Waals surface area (Å²) in [6.07, 6.45) is -0.247. The van der Waals surface area contributed by atoms with Crippen molar-refractivity contribution in [1.82, 2.24) is 5.32 Å². The highest BCUT2D eigenvalue weighted by molar-refractivity contribution is 5.74. The third-order valence-electron chi connectivity index (χ3n) is 5.04. The summed E-state index contributed by atoms with van der Waals surface area (Å²) < 4.78 is 5.33. The molecule has 0 aliphatic heterocycles. The summed E-state index contributed by atoms with van der Waals surface area (Å²) in [5.74, 6) is -1.14. The highest BCUT2D eigenvalue weighted by Gasteiger charge is 2.36. The maximum atomic E-state index is 12.3. The van der Waals surface area contributed by atoms with Crippen molar-refractivity contribution >= 4 is 12.1 Å². The Hall–Kier alpha value is -3.37. The van der Waals surface area contributed by atoms with Gasteiger partial charge in [0.05, 0.1) is 23.7 Å². The molecular weight excluding hydrogens is 408 g/mol. The fraction of sp³-hybridized carbons (Fsp3) is 0.400. The molecule has 2 atom stereocenters. The lowest BCUT2D eigenvalue weighted by Gasteiger charge is -2.29. The van der Waals surface area contributed by atoms with Crippen LogP contribution < -0.4 is 5.32 Å². The predicted octanol–water partition coefficient (Wildman–Crippen LogP) is 4.13. The van der Waals surface area contributed by atoms with Crippen molar-refractivity contribution in [3.63, 3.8) is 0 Å². The normalized spacial score (nSPS) is 14.0. The van der Waals surface area contributed by atoms with Crippen LogP contribution in [0.3, 0.4) is 0 Å². The second-order valence-corrected chi connectivity index (χ2v) is 9.16. The third-order valence-corrected chi connectivity index (χ3v) is 5.04. The number of ether oxygens (including phenoxy) is 1. The number of nitrogens with zero attached hydrogens (tertiary/aromatic N) is 1. The number of aliphatic carboxylic acids is 1. The van der Waals surface area contributed by atoms with Gasteiger partial charge in [0.15, 0.2) is 0 Å². The van der Waals surface area contributed by atoms with Crippen molar-refractivity contribution in [2.75, 3.05) is 6.61 Å². The zero-order valence-corrected chi connectivity index (χ0v) is 18.9. The first kappa shape index (κ1) is 24.9. The molecule has 170 valence electrons. The number of nitrogens with one attached hydrogen (secondary N) is 1. The molecule has 1 amide bonds. The molecule has 0 aliphatic carbocycles. The summed E-state index contributed by atoms with van der Waals surface area (Å²) in [6, 6.07) is 16.5. The molecule has 0 aromatic heterocycles. The Morgan fingerprint density at radius 1 is 1.09 bits per heavy atom. The van der Waals surface area contributed by atoms with Crippen molar-refractivity contribution in [2.45, 2.75) is 52.2 Å². The molecule has 2 aromatic carbocycles. The van der Waals surface area contributed by atoms with Gasteiger partial charge in [-0.2, -0.15) is 5.26 Å². The molecule has 0 unspecified atom stereocenters. The fourth-order valence-electron chi connectivity index (χ4n) is 3.30. The molecule has 7 heteroatoms. The topological polar surface area (TPSA) is 120 Å². The van der Waals surface area contributed by atoms with E-state index in [-0.39, 0.29) is 6.42 Å². The van der Waals surface area contributed by atoms with Crippen molar-refractivity contribution in [3.05, 3.63) is 59.7 Å². The van der Waals surface area contributed by atoms with Crippen LogP contribution in [0.4, 0.5) is 4.79 Å². The summed E-state index contributed by atoms with van der Waals surface area (Å²) in [4.78, 5) is 24.0. The average Bonchev–Trinajstić information content (AvgIpc) is 2.72. The van der Waals surface area contributed by atoms with Gasteiger partial charge in [0, 0.05) is 6.04 Å². The van der Waals surface area contributed by atoms with Crippen LogP contribution in [0.15, 0.2) is 48.5 Å². The summed E-state index contributed by atoms with van der Waals surface area (Å²) >= 11 is 0. The van der Waals surface area contributed by atoms with Crippen LogP contribution in [0.2, 0.25) is 0 Å². The minimum Gasteiger partial charge on any atom is -0.481 e. The van der Waals surface area contributed by atoms with E-state index in [2.05, 4.69) is 11.4 Å². The molecule has 2 aromatic rings. The van der Waals surface area contributed by atoms with Gasteiger partial charge in [0.2, 0.25) is 0 Å². The molecule has 7 nitrogen and oxygen atoms in total. The van der Waals surface area contributed by atoms with Crippen LogP contribution in [0.25, 0.3) is 11.1 Å². The second kappa shape index (κ2) is 10.3. The van der Waals surface area contributed by atoms with Crippen molar-refractivity contribution in [1.29, 1.82) is 5.26 Å². The summed E-state index contributed by atoms with van der Waals surface area (Å²) in [7, 11) is 0. The van der Waals surface area contributed by atoms with E-state index in [4.69, 9.17) is 10.00 Å². The molecule has 0 saturated heterocycles. The number of nitriles is 1. The zero-order chi connectivity index (χ0) is 23.9. The number of carbonyl (C=O) groups is 2. The van der Waals surface area contributed by atoms with Gasteiger partial charge in [-0.3, -0.25) is 4.79 Å². The van der Waals surface area contributed by atoms with Gasteiger partial charge >= 0.3 is 12.1 Å². The monoisotopic (exact) mass is 438 g/mol. The van der Waals surface area contributed by atoms with Crippen LogP contribution >= 0.6 is 0 Å². The Bertz CT molecular complexity index is 989. The number of aliphatic hydroxyl groups is 1. The second-order valence-electron chi connectivity index (χ2n) is 9.16. The van der Waals surface area contributed by atoms with E-state index < -0.39 is 35.7 Å². The summed E-state index contributed by atoms with van der Waals surface area (Å²) in [6.45, 7) is 6.14. The number of hydrogen-bond donors (Lipinski definition) is 3. The van der Waals surface area contributed by atoms with Crippen LogP contribution in [-0.2, 0) is 16.0 Å². The first-order valence-electron chi connectivity index (χ1n) is 10.4. The van der Waals surface area contributed by atoms with E-state index in [1.807, 2.05) is 36.4 Å². The minimum absolute atomic E-state index is 0.0318. The van der Waals surface area contributed by atoms with Crippen LogP contribution in [0.5, 0.6) is 0 Å². The summed E-state index contributed by atoms with van der Waals surface area (Å²) in [5.41, 5.74) is 1.21. The molecule has 3 N–H and O–H groups in total. The smallest absolute Gasteiger partial charge is 0.407 e. The minimum atomic E-state index is -1.41. The van der Waals surface area contributed by atoms with Crippen molar-refractivity contribution < 1.29 is 24.5 Å². The quantitative estimate of drug-likeness (QED) is 0.570. The number of carboxylic acid groups (broad SMARTS) is 1. The number of hydrogen-bond acceptors (Lipinski definition) is 5. The van der Waals surface area contributed by atoms with Gasteiger partial charge in [-0.05, 0) is 69.4 Å². The predicted molar refractivity (Wildman–Crippen MR) is 121 cm³/mol. The molecule has 0 saturated carbocycles. The van der Waals surface area contributed by atoms with E-state index in [1.165, 1.54) is 6.92 Å². The Kier molecular flexibility index (Phi) is 8.01. The molecule has 0 fully saturated rings. The van der Waals surface area contributed by atoms with Gasteiger partial charge in [-0.1, -0.05) is 36.4 Å². The Labute approximate surface area is 188 Å². The number of amides is 1. The van der Waals surface area contributed by atoms with Gasteiger partial charge in [-0.15, -0.1) is 0 Å². The van der Waals surface area contributed by atoms with E-state index in [0.717, 1.165) is 16.7 Å². The molecule has 0 radical (unpaired) electrons. The molecular formula is C25H30N2O5. The number of aliphatic hydroxyl groups excluding tert-OH is 1. The molecule has 0 spiro atoms. The van der Waals surface area contributed by atoms with Gasteiger partial charge in [-0.25, -0.2) is 4.79 Å². The Morgan fingerprint density at radius 3 is 2.28 bits per heavy atom. The SMILES string of the molecule is CC(C)(C)OC(=O)N[C@H](Cc1ccc(-c2cccc(C#N)c2)cc1)C[C@@](C)(CO)C(=O)O. The number of carboxylic acids is 1. The molecule has 0 heterocycles. The third kappa shape index (κ3) is 7.10. The van der Waals surface area contributed by atoms with Crippen molar-refractivity contribution in [3.8, 4) is 17.2 Å². The lowest BCUT2D eigenvalue weighted by molar-refractivity contribution is -0.151. The fourth-order valence-corrected chi connectivity index (χ4v) is 3.30.